The zero-order chi connectivity index (χ0) is 15.1. The number of carbonyl (C=O) groups excluding carboxylic acids is 2. The molecule has 0 saturated carbocycles. The highest BCUT2D eigenvalue weighted by atomic mass is 16.5. The number of methoxy groups -OCH3 is 1. The van der Waals surface area contributed by atoms with Crippen LogP contribution in [-0.2, 0) is 20.9 Å². The lowest BCUT2D eigenvalue weighted by atomic mass is 9.97. The largest absolute Gasteiger partial charge is 0.469 e. The van der Waals surface area contributed by atoms with Crippen LogP contribution in [0.3, 0.4) is 0 Å². The third kappa shape index (κ3) is 4.86. The van der Waals surface area contributed by atoms with Crippen LogP contribution in [0.1, 0.15) is 18.4 Å². The zero-order valence-corrected chi connectivity index (χ0v) is 12.4. The summed E-state index contributed by atoms with van der Waals surface area (Å²) in [6.07, 6.45) is 1.53. The normalized spacial score (nSPS) is 16.4. The molecule has 1 heterocycles. The van der Waals surface area contributed by atoms with Gasteiger partial charge >= 0.3 is 5.97 Å². The molecule has 0 bridgehead atoms. The van der Waals surface area contributed by atoms with E-state index in [1.54, 1.807) is 0 Å². The number of rotatable bonds is 5. The molecule has 5 nitrogen and oxygen atoms in total. The average Bonchev–Trinajstić information content (AvgIpc) is 2.54. The van der Waals surface area contributed by atoms with Crippen LogP contribution in [0.5, 0.6) is 0 Å². The van der Waals surface area contributed by atoms with Gasteiger partial charge in [-0.2, -0.15) is 0 Å². The van der Waals surface area contributed by atoms with Crippen molar-refractivity contribution in [1.29, 1.82) is 0 Å². The zero-order valence-electron chi connectivity index (χ0n) is 12.4. The van der Waals surface area contributed by atoms with E-state index in [0.717, 1.165) is 31.5 Å². The van der Waals surface area contributed by atoms with Crippen molar-refractivity contribution < 1.29 is 14.3 Å². The Hall–Kier alpha value is -1.88. The molecule has 0 radical (unpaired) electrons. The number of ether oxygens (including phenoxy) is 1. The number of hydrogen-bond donors (Lipinski definition) is 1. The average molecular weight is 290 g/mol. The predicted molar refractivity (Wildman–Crippen MR) is 79.5 cm³/mol. The lowest BCUT2D eigenvalue weighted by Gasteiger charge is -2.29. The second kappa shape index (κ2) is 7.78. The van der Waals surface area contributed by atoms with Gasteiger partial charge in [-0.1, -0.05) is 30.3 Å². The summed E-state index contributed by atoms with van der Waals surface area (Å²) in [5, 5.41) is 2.92. The Balaban J connectivity index is 1.68. The lowest BCUT2D eigenvalue weighted by Crippen LogP contribution is -2.42. The highest BCUT2D eigenvalue weighted by Crippen LogP contribution is 2.17. The maximum atomic E-state index is 11.9. The minimum Gasteiger partial charge on any atom is -0.469 e. The van der Waals surface area contributed by atoms with Crippen LogP contribution in [0.25, 0.3) is 0 Å². The first-order chi connectivity index (χ1) is 10.2. The van der Waals surface area contributed by atoms with E-state index in [1.807, 2.05) is 30.3 Å². The van der Waals surface area contributed by atoms with Gasteiger partial charge in [0.1, 0.15) is 0 Å². The van der Waals surface area contributed by atoms with Gasteiger partial charge in [-0.05, 0) is 31.5 Å². The van der Waals surface area contributed by atoms with E-state index < -0.39 is 0 Å². The monoisotopic (exact) mass is 290 g/mol. The van der Waals surface area contributed by atoms with Crippen molar-refractivity contribution >= 4 is 11.9 Å². The van der Waals surface area contributed by atoms with E-state index in [9.17, 15) is 9.59 Å². The molecule has 0 spiro atoms. The molecule has 1 aromatic carbocycles. The fraction of sp³-hybridized carbons (Fsp3) is 0.500. The number of piperidine rings is 1. The first-order valence-corrected chi connectivity index (χ1v) is 7.30. The predicted octanol–water partition coefficient (Wildman–Crippen LogP) is 1.19. The fourth-order valence-electron chi connectivity index (χ4n) is 2.55. The van der Waals surface area contributed by atoms with Crippen LogP contribution in [-0.4, -0.2) is 43.5 Å². The van der Waals surface area contributed by atoms with Gasteiger partial charge in [0.05, 0.1) is 19.6 Å². The number of hydrogen-bond acceptors (Lipinski definition) is 4. The van der Waals surface area contributed by atoms with Crippen molar-refractivity contribution in [3.8, 4) is 0 Å². The first kappa shape index (κ1) is 15.5. The third-order valence-corrected chi connectivity index (χ3v) is 3.82. The van der Waals surface area contributed by atoms with Crippen LogP contribution < -0.4 is 5.32 Å². The van der Waals surface area contributed by atoms with Crippen molar-refractivity contribution in [2.45, 2.75) is 19.4 Å². The Morgan fingerprint density at radius 2 is 1.90 bits per heavy atom. The molecule has 2 rings (SSSR count). The first-order valence-electron chi connectivity index (χ1n) is 7.30. The summed E-state index contributed by atoms with van der Waals surface area (Å²) in [4.78, 5) is 25.4. The van der Waals surface area contributed by atoms with E-state index >= 15 is 0 Å². The van der Waals surface area contributed by atoms with Crippen LogP contribution >= 0.6 is 0 Å². The lowest BCUT2D eigenvalue weighted by molar-refractivity contribution is -0.147. The molecule has 1 N–H and O–H groups in total. The third-order valence-electron chi connectivity index (χ3n) is 3.82. The highest BCUT2D eigenvalue weighted by molar-refractivity contribution is 5.78. The number of nitrogens with one attached hydrogen (secondary N) is 1. The minimum absolute atomic E-state index is 0.0152. The number of nitrogens with zero attached hydrogens (tertiary/aromatic N) is 1. The van der Waals surface area contributed by atoms with Gasteiger partial charge < -0.3 is 10.1 Å². The molecule has 1 amide bonds. The molecule has 0 aliphatic carbocycles. The number of likely N-dealkylation sites (tertiary alicyclic amines) is 1. The molecular formula is C16H22N2O3. The standard InChI is InChI=1S/C16H22N2O3/c1-21-16(20)14-7-9-18(10-8-14)12-15(19)17-11-13-5-3-2-4-6-13/h2-6,14H,7-12H2,1H3,(H,17,19). The molecular weight excluding hydrogens is 268 g/mol. The smallest absolute Gasteiger partial charge is 0.308 e. The van der Waals surface area contributed by atoms with Gasteiger partial charge in [-0.25, -0.2) is 0 Å². The Bertz CT molecular complexity index is 468. The molecule has 1 saturated heterocycles. The summed E-state index contributed by atoms with van der Waals surface area (Å²) < 4.78 is 4.76. The van der Waals surface area contributed by atoms with Gasteiger partial charge in [0.2, 0.25) is 5.91 Å². The Morgan fingerprint density at radius 1 is 1.24 bits per heavy atom. The van der Waals surface area contributed by atoms with E-state index in [4.69, 9.17) is 4.74 Å². The van der Waals surface area contributed by atoms with E-state index in [1.165, 1.54) is 7.11 Å². The number of amides is 1. The highest BCUT2D eigenvalue weighted by Gasteiger charge is 2.26. The van der Waals surface area contributed by atoms with E-state index in [-0.39, 0.29) is 17.8 Å². The van der Waals surface area contributed by atoms with Gasteiger partial charge in [0.25, 0.3) is 0 Å². The fourth-order valence-corrected chi connectivity index (χ4v) is 2.55. The van der Waals surface area contributed by atoms with E-state index in [0.29, 0.717) is 13.1 Å². The number of benzene rings is 1. The Kier molecular flexibility index (Phi) is 5.75. The van der Waals surface area contributed by atoms with Crippen molar-refractivity contribution in [3.05, 3.63) is 35.9 Å². The van der Waals surface area contributed by atoms with Crippen LogP contribution in [0, 0.1) is 5.92 Å². The molecule has 0 aromatic heterocycles. The Labute approximate surface area is 125 Å². The van der Waals surface area contributed by atoms with E-state index in [2.05, 4.69) is 10.2 Å². The molecule has 0 unspecified atom stereocenters. The van der Waals surface area contributed by atoms with Crippen LogP contribution in [0.2, 0.25) is 0 Å². The summed E-state index contributed by atoms with van der Waals surface area (Å²) in [6, 6.07) is 9.85. The van der Waals surface area contributed by atoms with Crippen molar-refractivity contribution in [3.63, 3.8) is 0 Å². The Morgan fingerprint density at radius 3 is 2.52 bits per heavy atom. The second-order valence-electron chi connectivity index (χ2n) is 5.34. The minimum atomic E-state index is -0.136. The van der Waals surface area contributed by atoms with Crippen molar-refractivity contribution in [2.75, 3.05) is 26.7 Å². The molecule has 1 aliphatic heterocycles. The number of carbonyl (C=O) groups is 2. The summed E-state index contributed by atoms with van der Waals surface area (Å²) in [7, 11) is 1.42. The van der Waals surface area contributed by atoms with Gasteiger partial charge in [-0.15, -0.1) is 0 Å². The topological polar surface area (TPSA) is 58.6 Å². The summed E-state index contributed by atoms with van der Waals surface area (Å²) in [5.74, 6) is -0.128. The molecule has 1 aromatic rings. The van der Waals surface area contributed by atoms with Gasteiger partial charge in [0.15, 0.2) is 0 Å². The quantitative estimate of drug-likeness (QED) is 0.828. The molecule has 21 heavy (non-hydrogen) atoms. The molecule has 114 valence electrons. The molecule has 0 atom stereocenters. The maximum Gasteiger partial charge on any atom is 0.308 e. The molecule has 5 heteroatoms. The van der Waals surface area contributed by atoms with Crippen LogP contribution in [0.15, 0.2) is 30.3 Å². The maximum absolute atomic E-state index is 11.9. The SMILES string of the molecule is COC(=O)C1CCN(CC(=O)NCc2ccccc2)CC1. The van der Waals surface area contributed by atoms with Gasteiger partial charge in [0, 0.05) is 6.54 Å². The second-order valence-corrected chi connectivity index (χ2v) is 5.34. The van der Waals surface area contributed by atoms with Gasteiger partial charge in [-0.3, -0.25) is 14.5 Å². The van der Waals surface area contributed by atoms with Crippen molar-refractivity contribution in [2.24, 2.45) is 5.92 Å². The van der Waals surface area contributed by atoms with Crippen molar-refractivity contribution in [1.82, 2.24) is 10.2 Å². The summed E-state index contributed by atoms with van der Waals surface area (Å²) >= 11 is 0. The summed E-state index contributed by atoms with van der Waals surface area (Å²) in [5.41, 5.74) is 1.09. The molecule has 1 aliphatic rings. The number of esters is 1. The summed E-state index contributed by atoms with van der Waals surface area (Å²) in [6.45, 7) is 2.47. The molecule has 1 fully saturated rings. The van der Waals surface area contributed by atoms with Crippen LogP contribution in [0.4, 0.5) is 0 Å².